The average Bonchev–Trinajstić information content (AvgIpc) is 2.38. The van der Waals surface area contributed by atoms with E-state index < -0.39 is 0 Å². The first-order valence-electron chi connectivity index (χ1n) is 6.93. The van der Waals surface area contributed by atoms with E-state index in [-0.39, 0.29) is 0 Å². The second-order valence-electron chi connectivity index (χ2n) is 5.57. The van der Waals surface area contributed by atoms with Crippen molar-refractivity contribution in [2.24, 2.45) is 11.7 Å². The zero-order valence-corrected chi connectivity index (χ0v) is 13.1. The number of piperidine rings is 1. The third-order valence-electron chi connectivity index (χ3n) is 4.27. The van der Waals surface area contributed by atoms with Crippen molar-refractivity contribution in [3.8, 4) is 0 Å². The summed E-state index contributed by atoms with van der Waals surface area (Å²) < 4.78 is 0. The summed E-state index contributed by atoms with van der Waals surface area (Å²) in [4.78, 5) is 2.51. The molecule has 4 heteroatoms. The van der Waals surface area contributed by atoms with Gasteiger partial charge in [0.2, 0.25) is 0 Å². The second-order valence-corrected chi connectivity index (χ2v) is 6.41. The summed E-state index contributed by atoms with van der Waals surface area (Å²) in [5.74, 6) is 0.602. The van der Waals surface area contributed by atoms with Crippen molar-refractivity contribution >= 4 is 23.2 Å². The molecule has 2 rings (SSSR count). The van der Waals surface area contributed by atoms with Gasteiger partial charge in [-0.3, -0.25) is 4.90 Å². The van der Waals surface area contributed by atoms with Crippen LogP contribution >= 0.6 is 23.2 Å². The number of hydrogen-bond acceptors (Lipinski definition) is 2. The molecule has 1 aromatic carbocycles. The molecule has 19 heavy (non-hydrogen) atoms. The van der Waals surface area contributed by atoms with Crippen LogP contribution in [0.3, 0.4) is 0 Å². The van der Waals surface area contributed by atoms with E-state index in [4.69, 9.17) is 28.9 Å². The van der Waals surface area contributed by atoms with Crippen LogP contribution in [0.15, 0.2) is 18.2 Å². The van der Waals surface area contributed by atoms with Gasteiger partial charge in [0.15, 0.2) is 0 Å². The molecule has 3 unspecified atom stereocenters. The molecule has 0 bridgehead atoms. The molecule has 0 radical (unpaired) electrons. The van der Waals surface area contributed by atoms with E-state index in [1.54, 1.807) is 0 Å². The zero-order chi connectivity index (χ0) is 14.0. The Hall–Kier alpha value is -0.280. The van der Waals surface area contributed by atoms with Gasteiger partial charge in [-0.25, -0.2) is 0 Å². The quantitative estimate of drug-likeness (QED) is 0.910. The lowest BCUT2D eigenvalue weighted by Crippen LogP contribution is -2.45. The van der Waals surface area contributed by atoms with E-state index in [2.05, 4.69) is 18.7 Å². The van der Waals surface area contributed by atoms with Crippen LogP contribution in [0.2, 0.25) is 10.0 Å². The van der Waals surface area contributed by atoms with E-state index in [9.17, 15) is 0 Å². The summed E-state index contributed by atoms with van der Waals surface area (Å²) in [5.41, 5.74) is 6.98. The minimum Gasteiger partial charge on any atom is -0.330 e. The van der Waals surface area contributed by atoms with Gasteiger partial charge in [-0.2, -0.15) is 0 Å². The molecule has 1 fully saturated rings. The standard InChI is InChI=1S/C15H22Cl2N2/c1-10-3-4-12(8-18)9-19(10)11(2)14-6-5-13(16)7-15(14)17/h5-7,10-12H,3-4,8-9,18H2,1-2H3. The fourth-order valence-electron chi connectivity index (χ4n) is 2.96. The normalized spacial score (nSPS) is 26.4. The van der Waals surface area contributed by atoms with Gasteiger partial charge in [0, 0.05) is 28.7 Å². The molecule has 1 aliphatic rings. The van der Waals surface area contributed by atoms with Gasteiger partial charge in [0.1, 0.15) is 0 Å². The van der Waals surface area contributed by atoms with Crippen molar-refractivity contribution in [1.29, 1.82) is 0 Å². The minimum absolute atomic E-state index is 0.300. The largest absolute Gasteiger partial charge is 0.330 e. The summed E-state index contributed by atoms with van der Waals surface area (Å²) in [6.45, 7) is 6.32. The van der Waals surface area contributed by atoms with Crippen molar-refractivity contribution < 1.29 is 0 Å². The predicted octanol–water partition coefficient (Wildman–Crippen LogP) is 4.11. The number of rotatable bonds is 3. The van der Waals surface area contributed by atoms with Gasteiger partial charge < -0.3 is 5.73 Å². The molecule has 0 aromatic heterocycles. The smallest absolute Gasteiger partial charge is 0.0468 e. The highest BCUT2D eigenvalue weighted by Gasteiger charge is 2.29. The fraction of sp³-hybridized carbons (Fsp3) is 0.600. The Labute approximate surface area is 125 Å². The van der Waals surface area contributed by atoms with E-state index in [0.717, 1.165) is 23.7 Å². The van der Waals surface area contributed by atoms with Crippen molar-refractivity contribution in [2.45, 2.75) is 38.8 Å². The first-order chi connectivity index (χ1) is 9.02. The van der Waals surface area contributed by atoms with E-state index >= 15 is 0 Å². The SMILES string of the molecule is CC1CCC(CN)CN1C(C)c1ccc(Cl)cc1Cl. The number of nitrogens with two attached hydrogens (primary N) is 1. The molecule has 1 heterocycles. The van der Waals surface area contributed by atoms with Gasteiger partial charge in [-0.15, -0.1) is 0 Å². The molecule has 1 aromatic rings. The summed E-state index contributed by atoms with van der Waals surface area (Å²) >= 11 is 12.3. The average molecular weight is 301 g/mol. The first-order valence-corrected chi connectivity index (χ1v) is 7.69. The van der Waals surface area contributed by atoms with Crippen LogP contribution in [0.25, 0.3) is 0 Å². The van der Waals surface area contributed by atoms with E-state index in [1.165, 1.54) is 12.8 Å². The fourth-order valence-corrected chi connectivity index (χ4v) is 3.53. The molecular weight excluding hydrogens is 279 g/mol. The summed E-state index contributed by atoms with van der Waals surface area (Å²) in [6.07, 6.45) is 2.44. The van der Waals surface area contributed by atoms with Crippen molar-refractivity contribution in [2.75, 3.05) is 13.1 Å². The molecule has 1 saturated heterocycles. The number of hydrogen-bond donors (Lipinski definition) is 1. The Balaban J connectivity index is 2.19. The molecule has 0 amide bonds. The molecule has 2 nitrogen and oxygen atoms in total. The van der Waals surface area contributed by atoms with Gasteiger partial charge in [0.05, 0.1) is 0 Å². The van der Waals surface area contributed by atoms with Crippen LogP contribution in [0.4, 0.5) is 0 Å². The topological polar surface area (TPSA) is 29.3 Å². The Morgan fingerprint density at radius 3 is 2.74 bits per heavy atom. The first kappa shape index (κ1) is 15.1. The summed E-state index contributed by atoms with van der Waals surface area (Å²) in [5, 5.41) is 1.44. The van der Waals surface area contributed by atoms with Crippen molar-refractivity contribution in [1.82, 2.24) is 4.90 Å². The maximum absolute atomic E-state index is 6.33. The Morgan fingerprint density at radius 2 is 2.11 bits per heavy atom. The Bertz CT molecular complexity index is 436. The highest BCUT2D eigenvalue weighted by Crippen LogP contribution is 2.34. The van der Waals surface area contributed by atoms with Crippen LogP contribution in [0, 0.1) is 5.92 Å². The molecule has 2 N–H and O–H groups in total. The maximum atomic E-state index is 6.33. The monoisotopic (exact) mass is 300 g/mol. The van der Waals surface area contributed by atoms with Gasteiger partial charge in [0.25, 0.3) is 0 Å². The number of likely N-dealkylation sites (tertiary alicyclic amines) is 1. The Morgan fingerprint density at radius 1 is 1.37 bits per heavy atom. The van der Waals surface area contributed by atoms with Crippen LogP contribution in [0.1, 0.15) is 38.3 Å². The lowest BCUT2D eigenvalue weighted by molar-refractivity contribution is 0.0813. The summed E-state index contributed by atoms with van der Waals surface area (Å²) in [7, 11) is 0. The van der Waals surface area contributed by atoms with Crippen LogP contribution in [0.5, 0.6) is 0 Å². The zero-order valence-electron chi connectivity index (χ0n) is 11.6. The molecule has 0 spiro atoms. The minimum atomic E-state index is 0.300. The third-order valence-corrected chi connectivity index (χ3v) is 4.83. The summed E-state index contributed by atoms with van der Waals surface area (Å²) in [6, 6.07) is 6.64. The number of benzene rings is 1. The molecule has 0 aliphatic carbocycles. The van der Waals surface area contributed by atoms with E-state index in [0.29, 0.717) is 23.0 Å². The molecule has 106 valence electrons. The third kappa shape index (κ3) is 3.43. The van der Waals surface area contributed by atoms with Gasteiger partial charge >= 0.3 is 0 Å². The number of halogens is 2. The molecular formula is C15H22Cl2N2. The van der Waals surface area contributed by atoms with Crippen LogP contribution < -0.4 is 5.73 Å². The molecule has 0 saturated carbocycles. The van der Waals surface area contributed by atoms with Crippen LogP contribution in [-0.4, -0.2) is 24.0 Å². The van der Waals surface area contributed by atoms with Gasteiger partial charge in [-0.1, -0.05) is 29.3 Å². The lowest BCUT2D eigenvalue weighted by atomic mass is 9.91. The second kappa shape index (κ2) is 6.45. The molecule has 1 aliphatic heterocycles. The highest BCUT2D eigenvalue weighted by atomic mass is 35.5. The maximum Gasteiger partial charge on any atom is 0.0468 e. The lowest BCUT2D eigenvalue weighted by Gasteiger charge is -2.41. The number of nitrogens with zero attached hydrogens (tertiary/aromatic N) is 1. The van der Waals surface area contributed by atoms with Crippen molar-refractivity contribution in [3.05, 3.63) is 33.8 Å². The highest BCUT2D eigenvalue weighted by molar-refractivity contribution is 6.35. The predicted molar refractivity (Wildman–Crippen MR) is 82.8 cm³/mol. The molecule has 3 atom stereocenters. The van der Waals surface area contributed by atoms with Gasteiger partial charge in [-0.05, 0) is 56.8 Å². The van der Waals surface area contributed by atoms with E-state index in [1.807, 2.05) is 18.2 Å². The van der Waals surface area contributed by atoms with Crippen LogP contribution in [-0.2, 0) is 0 Å². The Kier molecular flexibility index (Phi) is 5.13. The van der Waals surface area contributed by atoms with Crippen molar-refractivity contribution in [3.63, 3.8) is 0 Å².